The average molecular weight is 357 g/mol. The Morgan fingerprint density at radius 3 is 2.70 bits per heavy atom. The van der Waals surface area contributed by atoms with Gasteiger partial charge in [-0.1, -0.05) is 52.7 Å². The van der Waals surface area contributed by atoms with Crippen molar-refractivity contribution in [2.24, 2.45) is 0 Å². The van der Waals surface area contributed by atoms with Crippen LogP contribution in [0.3, 0.4) is 0 Å². The van der Waals surface area contributed by atoms with Gasteiger partial charge in [0, 0.05) is 15.5 Å². The Kier molecular flexibility index (Phi) is 5.58. The van der Waals surface area contributed by atoms with Crippen LogP contribution in [0, 0.1) is 5.82 Å². The molecule has 0 aliphatic rings. The second kappa shape index (κ2) is 7.21. The van der Waals surface area contributed by atoms with E-state index in [1.165, 1.54) is 17.7 Å². The molecule has 0 amide bonds. The number of likely N-dealkylation sites (N-methyl/N-ethyl adjacent to an activating group) is 1. The summed E-state index contributed by atoms with van der Waals surface area (Å²) in [6.45, 7) is 2.82. The standard InChI is InChI=1S/C16H16BrClFN/c1-2-20-16(9-11-5-3-4-6-14(11)17)13-10-12(19)7-8-15(13)18/h3-8,10,16,20H,2,9H2,1H3. The fourth-order valence-electron chi connectivity index (χ4n) is 2.20. The molecule has 2 rings (SSSR count). The minimum Gasteiger partial charge on any atom is -0.310 e. The lowest BCUT2D eigenvalue weighted by Gasteiger charge is -2.20. The topological polar surface area (TPSA) is 12.0 Å². The van der Waals surface area contributed by atoms with Crippen LogP contribution in [0.15, 0.2) is 46.9 Å². The lowest BCUT2D eigenvalue weighted by Crippen LogP contribution is -2.23. The molecule has 1 N–H and O–H groups in total. The van der Waals surface area contributed by atoms with Crippen LogP contribution in [-0.2, 0) is 6.42 Å². The van der Waals surface area contributed by atoms with E-state index in [0.717, 1.165) is 23.0 Å². The highest BCUT2D eigenvalue weighted by atomic mass is 79.9. The van der Waals surface area contributed by atoms with Crippen molar-refractivity contribution in [3.05, 3.63) is 68.9 Å². The zero-order chi connectivity index (χ0) is 14.5. The highest BCUT2D eigenvalue weighted by molar-refractivity contribution is 9.10. The van der Waals surface area contributed by atoms with Gasteiger partial charge in [0.25, 0.3) is 0 Å². The van der Waals surface area contributed by atoms with E-state index < -0.39 is 0 Å². The third-order valence-corrected chi connectivity index (χ3v) is 4.28. The van der Waals surface area contributed by atoms with E-state index in [1.807, 2.05) is 25.1 Å². The molecule has 2 aromatic rings. The monoisotopic (exact) mass is 355 g/mol. The van der Waals surface area contributed by atoms with E-state index in [4.69, 9.17) is 11.6 Å². The van der Waals surface area contributed by atoms with E-state index in [1.54, 1.807) is 6.07 Å². The van der Waals surface area contributed by atoms with Crippen LogP contribution in [0.4, 0.5) is 4.39 Å². The molecule has 4 heteroatoms. The number of nitrogens with one attached hydrogen (secondary N) is 1. The Bertz CT molecular complexity index is 588. The van der Waals surface area contributed by atoms with E-state index in [-0.39, 0.29) is 11.9 Å². The summed E-state index contributed by atoms with van der Waals surface area (Å²) >= 11 is 9.76. The Morgan fingerprint density at radius 2 is 2.00 bits per heavy atom. The van der Waals surface area contributed by atoms with Crippen molar-refractivity contribution < 1.29 is 4.39 Å². The van der Waals surface area contributed by atoms with Gasteiger partial charge in [-0.15, -0.1) is 0 Å². The maximum absolute atomic E-state index is 13.5. The van der Waals surface area contributed by atoms with Gasteiger partial charge in [0.15, 0.2) is 0 Å². The molecular formula is C16H16BrClFN. The first kappa shape index (κ1) is 15.5. The van der Waals surface area contributed by atoms with Gasteiger partial charge in [-0.3, -0.25) is 0 Å². The maximum atomic E-state index is 13.5. The first-order valence-corrected chi connectivity index (χ1v) is 7.70. The van der Waals surface area contributed by atoms with E-state index >= 15 is 0 Å². The molecule has 0 saturated heterocycles. The summed E-state index contributed by atoms with van der Waals surface area (Å²) in [7, 11) is 0. The number of benzene rings is 2. The van der Waals surface area contributed by atoms with Crippen LogP contribution in [0.25, 0.3) is 0 Å². The molecule has 0 aliphatic carbocycles. The quantitative estimate of drug-likeness (QED) is 0.782. The molecule has 0 radical (unpaired) electrons. The van der Waals surface area contributed by atoms with Gasteiger partial charge >= 0.3 is 0 Å². The van der Waals surface area contributed by atoms with E-state index in [0.29, 0.717) is 5.02 Å². The Morgan fingerprint density at radius 1 is 1.25 bits per heavy atom. The largest absolute Gasteiger partial charge is 0.310 e. The third kappa shape index (κ3) is 3.81. The van der Waals surface area contributed by atoms with Gasteiger partial charge in [-0.2, -0.15) is 0 Å². The smallest absolute Gasteiger partial charge is 0.123 e. The Labute approximate surface area is 132 Å². The van der Waals surface area contributed by atoms with Gasteiger partial charge in [-0.05, 0) is 48.4 Å². The number of halogens is 3. The van der Waals surface area contributed by atoms with Gasteiger partial charge in [0.2, 0.25) is 0 Å². The second-order valence-corrected chi connectivity index (χ2v) is 5.83. The van der Waals surface area contributed by atoms with Crippen LogP contribution in [-0.4, -0.2) is 6.54 Å². The first-order chi connectivity index (χ1) is 9.61. The molecule has 106 valence electrons. The molecule has 2 aromatic carbocycles. The molecule has 1 nitrogen and oxygen atoms in total. The van der Waals surface area contributed by atoms with Crippen LogP contribution >= 0.6 is 27.5 Å². The Balaban J connectivity index is 2.32. The highest BCUT2D eigenvalue weighted by Gasteiger charge is 2.16. The fraction of sp³-hybridized carbons (Fsp3) is 0.250. The highest BCUT2D eigenvalue weighted by Crippen LogP contribution is 2.28. The summed E-state index contributed by atoms with van der Waals surface area (Å²) in [6.07, 6.45) is 0.748. The lowest BCUT2D eigenvalue weighted by atomic mass is 9.98. The summed E-state index contributed by atoms with van der Waals surface area (Å²) in [6, 6.07) is 12.5. The molecule has 0 aliphatic heterocycles. The summed E-state index contributed by atoms with van der Waals surface area (Å²) in [4.78, 5) is 0. The van der Waals surface area contributed by atoms with Crippen LogP contribution in [0.1, 0.15) is 24.1 Å². The van der Waals surface area contributed by atoms with Gasteiger partial charge < -0.3 is 5.32 Å². The van der Waals surface area contributed by atoms with Gasteiger partial charge in [0.05, 0.1) is 0 Å². The summed E-state index contributed by atoms with van der Waals surface area (Å²) in [5.74, 6) is -0.264. The predicted molar refractivity (Wildman–Crippen MR) is 85.7 cm³/mol. The maximum Gasteiger partial charge on any atom is 0.123 e. The van der Waals surface area contributed by atoms with E-state index in [9.17, 15) is 4.39 Å². The summed E-state index contributed by atoms with van der Waals surface area (Å²) in [5, 5.41) is 3.96. The molecule has 0 heterocycles. The van der Waals surface area contributed by atoms with Crippen molar-refractivity contribution in [2.45, 2.75) is 19.4 Å². The Hall–Kier alpha value is -0.900. The zero-order valence-corrected chi connectivity index (χ0v) is 13.5. The van der Waals surface area contributed by atoms with Crippen molar-refractivity contribution in [3.63, 3.8) is 0 Å². The number of rotatable bonds is 5. The normalized spacial score (nSPS) is 12.4. The molecule has 0 saturated carbocycles. The molecule has 20 heavy (non-hydrogen) atoms. The van der Waals surface area contributed by atoms with Crippen molar-refractivity contribution in [3.8, 4) is 0 Å². The molecular weight excluding hydrogens is 341 g/mol. The van der Waals surface area contributed by atoms with Gasteiger partial charge in [0.1, 0.15) is 5.82 Å². The van der Waals surface area contributed by atoms with E-state index in [2.05, 4.69) is 27.3 Å². The van der Waals surface area contributed by atoms with Crippen LogP contribution in [0.2, 0.25) is 5.02 Å². The molecule has 0 aromatic heterocycles. The van der Waals surface area contributed by atoms with Crippen molar-refractivity contribution in [1.82, 2.24) is 5.32 Å². The predicted octanol–water partition coefficient (Wildman–Crippen LogP) is 5.13. The SMILES string of the molecule is CCNC(Cc1ccccc1Br)c1cc(F)ccc1Cl. The average Bonchev–Trinajstić information content (AvgIpc) is 2.43. The van der Waals surface area contributed by atoms with Crippen LogP contribution in [0.5, 0.6) is 0 Å². The fourth-order valence-corrected chi connectivity index (χ4v) is 2.90. The first-order valence-electron chi connectivity index (χ1n) is 6.53. The molecule has 0 bridgehead atoms. The third-order valence-electron chi connectivity index (χ3n) is 3.17. The molecule has 1 unspecified atom stereocenters. The minimum absolute atomic E-state index is 0.0121. The second-order valence-electron chi connectivity index (χ2n) is 4.57. The van der Waals surface area contributed by atoms with Crippen molar-refractivity contribution in [2.75, 3.05) is 6.54 Å². The summed E-state index contributed by atoms with van der Waals surface area (Å²) in [5.41, 5.74) is 1.96. The van der Waals surface area contributed by atoms with Crippen molar-refractivity contribution in [1.29, 1.82) is 0 Å². The van der Waals surface area contributed by atoms with Crippen molar-refractivity contribution >= 4 is 27.5 Å². The molecule has 0 fully saturated rings. The number of hydrogen-bond donors (Lipinski definition) is 1. The number of hydrogen-bond acceptors (Lipinski definition) is 1. The van der Waals surface area contributed by atoms with Crippen LogP contribution < -0.4 is 5.32 Å². The van der Waals surface area contributed by atoms with Gasteiger partial charge in [-0.25, -0.2) is 4.39 Å². The summed E-state index contributed by atoms with van der Waals surface area (Å²) < 4.78 is 14.5. The lowest BCUT2D eigenvalue weighted by molar-refractivity contribution is 0.542. The molecule has 0 spiro atoms. The molecule has 1 atom stereocenters. The minimum atomic E-state index is -0.264. The zero-order valence-electron chi connectivity index (χ0n) is 11.2.